The second-order valence-corrected chi connectivity index (χ2v) is 5.17. The molecule has 1 fully saturated rings. The Morgan fingerprint density at radius 2 is 2.41 bits per heavy atom. The van der Waals surface area contributed by atoms with Crippen LogP contribution in [-0.4, -0.2) is 22.6 Å². The maximum absolute atomic E-state index is 12.0. The van der Waals surface area contributed by atoms with Gasteiger partial charge in [-0.3, -0.25) is 9.36 Å². The van der Waals surface area contributed by atoms with Gasteiger partial charge in [-0.1, -0.05) is 0 Å². The topological polar surface area (TPSA) is 46.9 Å². The number of aromatic nitrogens is 2. The van der Waals surface area contributed by atoms with Gasteiger partial charge in [-0.2, -0.15) is 0 Å². The Kier molecular flexibility index (Phi) is 2.97. The first kappa shape index (κ1) is 11.0. The number of hydrogen-bond acceptors (Lipinski definition) is 3. The molecular formula is C13H19N3O. The van der Waals surface area contributed by atoms with E-state index in [1.54, 1.807) is 6.07 Å². The average Bonchev–Trinajstić information content (AvgIpc) is 2.82. The van der Waals surface area contributed by atoms with Crippen molar-refractivity contribution in [1.29, 1.82) is 0 Å². The van der Waals surface area contributed by atoms with Gasteiger partial charge in [-0.25, -0.2) is 4.98 Å². The first-order valence-corrected chi connectivity index (χ1v) is 6.63. The summed E-state index contributed by atoms with van der Waals surface area (Å²) in [5.74, 6) is 1.67. The molecule has 0 saturated carbocycles. The summed E-state index contributed by atoms with van der Waals surface area (Å²) in [7, 11) is 0. The average molecular weight is 233 g/mol. The molecule has 3 rings (SSSR count). The molecule has 4 heteroatoms. The van der Waals surface area contributed by atoms with E-state index in [9.17, 15) is 4.79 Å². The van der Waals surface area contributed by atoms with Crippen molar-refractivity contribution in [3.8, 4) is 0 Å². The second kappa shape index (κ2) is 4.61. The van der Waals surface area contributed by atoms with Gasteiger partial charge in [-0.15, -0.1) is 0 Å². The maximum Gasteiger partial charge on any atom is 0.253 e. The quantitative estimate of drug-likeness (QED) is 0.819. The second-order valence-electron chi connectivity index (χ2n) is 5.17. The molecule has 17 heavy (non-hydrogen) atoms. The van der Waals surface area contributed by atoms with Crippen molar-refractivity contribution < 1.29 is 0 Å². The largest absolute Gasteiger partial charge is 0.316 e. The van der Waals surface area contributed by atoms with Gasteiger partial charge in [-0.05, 0) is 44.7 Å². The standard InChI is InChI=1S/C13H19N3O/c17-13-8-11(7-10-4-5-14-9-10)15-12-3-1-2-6-16(12)13/h8,10,14H,1-7,9H2. The number of aryl methyl sites for hydroxylation is 1. The molecule has 2 aliphatic rings. The molecule has 1 aromatic rings. The van der Waals surface area contributed by atoms with E-state index in [1.807, 2.05) is 4.57 Å². The molecule has 0 aromatic carbocycles. The van der Waals surface area contributed by atoms with Gasteiger partial charge in [0.05, 0.1) is 0 Å². The number of hydrogen-bond donors (Lipinski definition) is 1. The van der Waals surface area contributed by atoms with Crippen molar-refractivity contribution in [2.75, 3.05) is 13.1 Å². The van der Waals surface area contributed by atoms with Gasteiger partial charge in [0.15, 0.2) is 0 Å². The van der Waals surface area contributed by atoms with Gasteiger partial charge in [0.1, 0.15) is 5.82 Å². The van der Waals surface area contributed by atoms with Crippen molar-refractivity contribution in [2.45, 2.75) is 38.6 Å². The third-order valence-electron chi connectivity index (χ3n) is 3.83. The highest BCUT2D eigenvalue weighted by molar-refractivity contribution is 5.07. The third kappa shape index (κ3) is 2.27. The molecule has 1 aromatic heterocycles. The van der Waals surface area contributed by atoms with Gasteiger partial charge >= 0.3 is 0 Å². The zero-order chi connectivity index (χ0) is 11.7. The van der Waals surface area contributed by atoms with Crippen molar-refractivity contribution in [3.05, 3.63) is 27.9 Å². The van der Waals surface area contributed by atoms with E-state index in [0.717, 1.165) is 50.4 Å². The van der Waals surface area contributed by atoms with Gasteiger partial charge < -0.3 is 5.32 Å². The van der Waals surface area contributed by atoms with Crippen LogP contribution in [0.2, 0.25) is 0 Å². The first-order chi connectivity index (χ1) is 8.33. The van der Waals surface area contributed by atoms with Crippen LogP contribution in [0, 0.1) is 5.92 Å². The number of fused-ring (bicyclic) bond motifs is 1. The van der Waals surface area contributed by atoms with Crippen molar-refractivity contribution in [2.24, 2.45) is 5.92 Å². The Morgan fingerprint density at radius 3 is 3.24 bits per heavy atom. The fourth-order valence-electron chi connectivity index (χ4n) is 2.88. The van der Waals surface area contributed by atoms with Crippen LogP contribution in [0.5, 0.6) is 0 Å². The summed E-state index contributed by atoms with van der Waals surface area (Å²) in [6, 6.07) is 1.74. The van der Waals surface area contributed by atoms with Gasteiger partial charge in [0.25, 0.3) is 5.56 Å². The molecule has 0 spiro atoms. The predicted molar refractivity (Wildman–Crippen MR) is 66.1 cm³/mol. The molecule has 0 bridgehead atoms. The van der Waals surface area contributed by atoms with E-state index in [2.05, 4.69) is 10.3 Å². The Hall–Kier alpha value is -1.16. The summed E-state index contributed by atoms with van der Waals surface area (Å²) in [6.07, 6.45) is 5.41. The van der Waals surface area contributed by atoms with E-state index in [-0.39, 0.29) is 5.56 Å². The van der Waals surface area contributed by atoms with Crippen molar-refractivity contribution in [3.63, 3.8) is 0 Å². The molecule has 1 saturated heterocycles. The van der Waals surface area contributed by atoms with Crippen molar-refractivity contribution >= 4 is 0 Å². The van der Waals surface area contributed by atoms with Gasteiger partial charge in [0.2, 0.25) is 0 Å². The van der Waals surface area contributed by atoms with Crippen LogP contribution in [0.3, 0.4) is 0 Å². The zero-order valence-corrected chi connectivity index (χ0v) is 10.1. The van der Waals surface area contributed by atoms with Crippen LogP contribution in [0.25, 0.3) is 0 Å². The Morgan fingerprint density at radius 1 is 1.47 bits per heavy atom. The Balaban J connectivity index is 1.85. The molecule has 0 aliphatic carbocycles. The van der Waals surface area contributed by atoms with Gasteiger partial charge in [0, 0.05) is 24.7 Å². The molecule has 4 nitrogen and oxygen atoms in total. The summed E-state index contributed by atoms with van der Waals surface area (Å²) in [5, 5.41) is 3.36. The third-order valence-corrected chi connectivity index (χ3v) is 3.83. The summed E-state index contributed by atoms with van der Waals surface area (Å²) >= 11 is 0. The fourth-order valence-corrected chi connectivity index (χ4v) is 2.88. The first-order valence-electron chi connectivity index (χ1n) is 6.63. The normalized spacial score (nSPS) is 23.6. The van der Waals surface area contributed by atoms with Crippen LogP contribution in [-0.2, 0) is 19.4 Å². The lowest BCUT2D eigenvalue weighted by molar-refractivity contribution is 0.485. The predicted octanol–water partition coefficient (Wildman–Crippen LogP) is 0.732. The highest BCUT2D eigenvalue weighted by Crippen LogP contribution is 2.15. The number of rotatable bonds is 2. The molecule has 1 unspecified atom stereocenters. The molecule has 0 radical (unpaired) electrons. The van der Waals surface area contributed by atoms with Crippen molar-refractivity contribution in [1.82, 2.24) is 14.9 Å². The Bertz CT molecular complexity index is 460. The summed E-state index contributed by atoms with van der Waals surface area (Å²) in [4.78, 5) is 16.6. The minimum atomic E-state index is 0.149. The summed E-state index contributed by atoms with van der Waals surface area (Å²) < 4.78 is 1.85. The fraction of sp³-hybridized carbons (Fsp3) is 0.692. The minimum absolute atomic E-state index is 0.149. The lowest BCUT2D eigenvalue weighted by Crippen LogP contribution is -2.29. The molecule has 0 amide bonds. The monoisotopic (exact) mass is 233 g/mol. The lowest BCUT2D eigenvalue weighted by Gasteiger charge is -2.18. The molecule has 3 heterocycles. The summed E-state index contributed by atoms with van der Waals surface area (Å²) in [5.41, 5.74) is 1.15. The molecule has 1 N–H and O–H groups in total. The van der Waals surface area contributed by atoms with E-state index in [0.29, 0.717) is 5.92 Å². The molecular weight excluding hydrogens is 214 g/mol. The molecule has 1 atom stereocenters. The minimum Gasteiger partial charge on any atom is -0.316 e. The highest BCUT2D eigenvalue weighted by Gasteiger charge is 2.18. The number of nitrogens with one attached hydrogen (secondary N) is 1. The SMILES string of the molecule is O=c1cc(CC2CCNC2)nc2n1CCCC2. The zero-order valence-electron chi connectivity index (χ0n) is 10.1. The van der Waals surface area contributed by atoms with Crippen LogP contribution in [0.4, 0.5) is 0 Å². The highest BCUT2D eigenvalue weighted by atomic mass is 16.1. The van der Waals surface area contributed by atoms with Crippen LogP contribution < -0.4 is 10.9 Å². The van der Waals surface area contributed by atoms with Crippen LogP contribution in [0.1, 0.15) is 30.8 Å². The maximum atomic E-state index is 12.0. The van der Waals surface area contributed by atoms with Crippen LogP contribution in [0.15, 0.2) is 10.9 Å². The number of nitrogens with zero attached hydrogens (tertiary/aromatic N) is 2. The van der Waals surface area contributed by atoms with E-state index < -0.39 is 0 Å². The molecule has 2 aliphatic heterocycles. The smallest absolute Gasteiger partial charge is 0.253 e. The van der Waals surface area contributed by atoms with Crippen LogP contribution >= 0.6 is 0 Å². The van der Waals surface area contributed by atoms with E-state index in [4.69, 9.17) is 0 Å². The summed E-state index contributed by atoms with van der Waals surface area (Å²) in [6.45, 7) is 3.03. The Labute approximate surface area is 101 Å². The van der Waals surface area contributed by atoms with E-state index >= 15 is 0 Å². The lowest BCUT2D eigenvalue weighted by atomic mass is 10.0. The molecule has 92 valence electrons. The van der Waals surface area contributed by atoms with E-state index in [1.165, 1.54) is 12.8 Å².